The van der Waals surface area contributed by atoms with Crippen LogP contribution in [-0.4, -0.2) is 5.78 Å². The second-order valence-electron chi connectivity index (χ2n) is 5.51. The maximum absolute atomic E-state index is 14.3. The lowest BCUT2D eigenvalue weighted by molar-refractivity contribution is 0.104. The molecule has 0 saturated carbocycles. The third kappa shape index (κ3) is 5.22. The van der Waals surface area contributed by atoms with E-state index >= 15 is 0 Å². The molecule has 0 amide bonds. The van der Waals surface area contributed by atoms with E-state index in [-0.39, 0.29) is 11.6 Å². The topological polar surface area (TPSA) is 17.1 Å². The van der Waals surface area contributed by atoms with E-state index in [2.05, 4.69) is 15.9 Å². The van der Waals surface area contributed by atoms with Crippen LogP contribution in [-0.2, 0) is 0 Å². The summed E-state index contributed by atoms with van der Waals surface area (Å²) in [6, 6.07) is 20.8. The van der Waals surface area contributed by atoms with Gasteiger partial charge in [0.1, 0.15) is 5.82 Å². The molecule has 0 aliphatic carbocycles. The van der Waals surface area contributed by atoms with Gasteiger partial charge >= 0.3 is 0 Å². The molecule has 3 rings (SSSR count). The molecule has 0 spiro atoms. The van der Waals surface area contributed by atoms with E-state index < -0.39 is 0 Å². The first kappa shape index (κ1) is 20.6. The number of thioether (sulfide) groups is 1. The highest BCUT2D eigenvalue weighted by atomic mass is 127. The van der Waals surface area contributed by atoms with Crippen molar-refractivity contribution in [3.63, 3.8) is 0 Å². The van der Waals surface area contributed by atoms with Gasteiger partial charge in [0.2, 0.25) is 5.78 Å². The summed E-state index contributed by atoms with van der Waals surface area (Å²) in [4.78, 5) is 14.5. The van der Waals surface area contributed by atoms with Gasteiger partial charge in [0.05, 0.1) is 4.91 Å². The second-order valence-corrected chi connectivity index (χ2v) is 9.03. The Hall–Kier alpha value is -1.15. The minimum Gasteiger partial charge on any atom is -0.288 e. The summed E-state index contributed by atoms with van der Waals surface area (Å²) in [5.41, 5.74) is 0.907. The average molecular weight is 574 g/mol. The Morgan fingerprint density at radius 1 is 0.963 bits per heavy atom. The van der Waals surface area contributed by atoms with E-state index in [4.69, 9.17) is 11.6 Å². The van der Waals surface area contributed by atoms with Gasteiger partial charge in [0.15, 0.2) is 0 Å². The van der Waals surface area contributed by atoms with Gasteiger partial charge in [-0.05, 0) is 77.2 Å². The number of halogens is 4. The molecule has 0 aromatic heterocycles. The van der Waals surface area contributed by atoms with Crippen molar-refractivity contribution < 1.29 is 9.18 Å². The lowest BCUT2D eigenvalue weighted by Crippen LogP contribution is -2.03. The van der Waals surface area contributed by atoms with Crippen molar-refractivity contribution in [1.29, 1.82) is 0 Å². The minimum absolute atomic E-state index is 0.174. The van der Waals surface area contributed by atoms with Gasteiger partial charge in [-0.1, -0.05) is 57.5 Å². The number of Topliss-reactive ketones (excluding diaryl/α,β-unsaturated/α-hetero) is 1. The molecule has 0 bridgehead atoms. The average Bonchev–Trinajstić information content (AvgIpc) is 2.67. The molecule has 6 heteroatoms. The molecule has 0 fully saturated rings. The van der Waals surface area contributed by atoms with Gasteiger partial charge in [-0.2, -0.15) is 0 Å². The van der Waals surface area contributed by atoms with E-state index in [0.717, 1.165) is 9.37 Å². The van der Waals surface area contributed by atoms with Crippen LogP contribution in [0.25, 0.3) is 3.58 Å². The second kappa shape index (κ2) is 9.37. The third-order valence-corrected chi connectivity index (χ3v) is 7.02. The Balaban J connectivity index is 2.09. The molecule has 136 valence electrons. The number of benzene rings is 3. The van der Waals surface area contributed by atoms with E-state index in [1.54, 1.807) is 42.5 Å². The van der Waals surface area contributed by atoms with Crippen LogP contribution >= 0.6 is 61.9 Å². The standard InChI is InChI=1S/C21H12BrClFIOS/c22-14-7-11-16(12-8-14)27-21(19(25)17-3-1-2-4-18(17)24)20(26)13-5-9-15(23)10-6-13/h1-12H. The van der Waals surface area contributed by atoms with Crippen molar-refractivity contribution in [2.45, 2.75) is 4.90 Å². The highest BCUT2D eigenvalue weighted by Gasteiger charge is 2.20. The third-order valence-electron chi connectivity index (χ3n) is 3.66. The molecular formula is C21H12BrClFIOS. The van der Waals surface area contributed by atoms with Crippen LogP contribution < -0.4 is 0 Å². The Kier molecular flexibility index (Phi) is 7.14. The van der Waals surface area contributed by atoms with Crippen molar-refractivity contribution in [3.8, 4) is 0 Å². The van der Waals surface area contributed by atoms with Crippen molar-refractivity contribution in [2.75, 3.05) is 0 Å². The van der Waals surface area contributed by atoms with Gasteiger partial charge in [0.25, 0.3) is 0 Å². The summed E-state index contributed by atoms with van der Waals surface area (Å²) in [5.74, 6) is -0.535. The Morgan fingerprint density at radius 3 is 2.22 bits per heavy atom. The predicted octanol–water partition coefficient (Wildman–Crippen LogP) is 8.02. The van der Waals surface area contributed by atoms with Crippen LogP contribution in [0.2, 0.25) is 5.02 Å². The lowest BCUT2D eigenvalue weighted by Gasteiger charge is -2.12. The molecule has 1 nitrogen and oxygen atoms in total. The first-order valence-electron chi connectivity index (χ1n) is 7.84. The van der Waals surface area contributed by atoms with E-state index in [9.17, 15) is 9.18 Å². The Labute approximate surface area is 188 Å². The van der Waals surface area contributed by atoms with Crippen LogP contribution in [0, 0.1) is 5.82 Å². The molecule has 0 atom stereocenters. The molecule has 0 saturated heterocycles. The Bertz CT molecular complexity index is 1000. The summed E-state index contributed by atoms with van der Waals surface area (Å²) >= 11 is 12.7. The van der Waals surface area contributed by atoms with Crippen LogP contribution in [0.1, 0.15) is 15.9 Å². The molecule has 0 N–H and O–H groups in total. The molecule has 0 unspecified atom stereocenters. The van der Waals surface area contributed by atoms with Crippen molar-refractivity contribution in [2.24, 2.45) is 0 Å². The first-order chi connectivity index (χ1) is 13.0. The van der Waals surface area contributed by atoms with Crippen LogP contribution in [0.15, 0.2) is 87.1 Å². The minimum atomic E-state index is -0.361. The summed E-state index contributed by atoms with van der Waals surface area (Å²) < 4.78 is 15.8. The van der Waals surface area contributed by atoms with Gasteiger partial charge in [-0.25, -0.2) is 4.39 Å². The number of carbonyl (C=O) groups excluding carboxylic acids is 1. The number of rotatable bonds is 5. The number of hydrogen-bond donors (Lipinski definition) is 0. The molecule has 3 aromatic carbocycles. The number of hydrogen-bond acceptors (Lipinski definition) is 2. The largest absolute Gasteiger partial charge is 0.288 e. The number of ketones is 1. The van der Waals surface area contributed by atoms with Gasteiger partial charge < -0.3 is 0 Å². The fraction of sp³-hybridized carbons (Fsp3) is 0. The fourth-order valence-electron chi connectivity index (χ4n) is 2.31. The molecule has 0 heterocycles. The molecule has 0 aliphatic rings. The zero-order valence-electron chi connectivity index (χ0n) is 13.8. The monoisotopic (exact) mass is 572 g/mol. The van der Waals surface area contributed by atoms with Crippen molar-refractivity contribution >= 4 is 71.2 Å². The van der Waals surface area contributed by atoms with Gasteiger partial charge in [0, 0.05) is 29.1 Å². The molecular weight excluding hydrogens is 562 g/mol. The first-order valence-corrected chi connectivity index (χ1v) is 10.9. The number of allylic oxidation sites excluding steroid dienone is 1. The van der Waals surface area contributed by atoms with E-state index in [1.165, 1.54) is 17.8 Å². The van der Waals surface area contributed by atoms with Crippen LogP contribution in [0.5, 0.6) is 0 Å². The van der Waals surface area contributed by atoms with Crippen molar-refractivity contribution in [3.05, 3.63) is 104 Å². The maximum atomic E-state index is 14.3. The van der Waals surface area contributed by atoms with Gasteiger partial charge in [-0.15, -0.1) is 0 Å². The zero-order chi connectivity index (χ0) is 19.4. The quantitative estimate of drug-likeness (QED) is 0.133. The predicted molar refractivity (Wildman–Crippen MR) is 123 cm³/mol. The molecule has 3 aromatic rings. The fourth-order valence-corrected chi connectivity index (χ4v) is 4.63. The number of carbonyl (C=O) groups is 1. The normalized spacial score (nSPS) is 11.9. The molecule has 0 aliphatic heterocycles. The molecule has 0 radical (unpaired) electrons. The van der Waals surface area contributed by atoms with E-state index in [1.807, 2.05) is 46.9 Å². The van der Waals surface area contributed by atoms with Gasteiger partial charge in [-0.3, -0.25) is 4.79 Å². The highest BCUT2D eigenvalue weighted by molar-refractivity contribution is 14.1. The highest BCUT2D eigenvalue weighted by Crippen LogP contribution is 2.39. The summed E-state index contributed by atoms with van der Waals surface area (Å²) in [7, 11) is 0. The smallest absolute Gasteiger partial charge is 0.200 e. The van der Waals surface area contributed by atoms with Crippen LogP contribution in [0.4, 0.5) is 4.39 Å². The summed E-state index contributed by atoms with van der Waals surface area (Å²) in [6.07, 6.45) is 0. The van der Waals surface area contributed by atoms with E-state index in [0.29, 0.717) is 24.6 Å². The van der Waals surface area contributed by atoms with Crippen molar-refractivity contribution in [1.82, 2.24) is 0 Å². The lowest BCUT2D eigenvalue weighted by atomic mass is 10.1. The molecule has 27 heavy (non-hydrogen) atoms. The zero-order valence-corrected chi connectivity index (χ0v) is 19.1. The maximum Gasteiger partial charge on any atom is 0.200 e. The van der Waals surface area contributed by atoms with Crippen LogP contribution in [0.3, 0.4) is 0 Å². The SMILES string of the molecule is O=C(C(Sc1ccc(Br)cc1)=C(I)c1ccccc1F)c1ccc(Cl)cc1. The Morgan fingerprint density at radius 2 is 1.59 bits per heavy atom. The summed E-state index contributed by atoms with van der Waals surface area (Å²) in [5, 5.41) is 0.557. The summed E-state index contributed by atoms with van der Waals surface area (Å²) in [6.45, 7) is 0.